The first kappa shape index (κ1) is 87.4. The van der Waals surface area contributed by atoms with Crippen molar-refractivity contribution in [2.45, 2.75) is 173 Å². The molecule has 0 aliphatic heterocycles. The lowest BCUT2D eigenvalue weighted by atomic mass is 9.80. The van der Waals surface area contributed by atoms with Gasteiger partial charge in [-0.2, -0.15) is 0 Å². The molecule has 0 spiro atoms. The second-order valence-electron chi connectivity index (χ2n) is 25.2. The first-order valence-electron chi connectivity index (χ1n) is 33.1. The minimum atomic E-state index is -5.20. The molecule has 2 rings (SSSR count). The van der Waals surface area contributed by atoms with Gasteiger partial charge in [0.25, 0.3) is 0 Å². The second kappa shape index (κ2) is 45.8. The number of nitrogens with one attached hydrogen (secondary N) is 6. The number of aromatic nitrogens is 2. The molecule has 0 bridgehead atoms. The number of phosphoric acid groups is 1. The number of carbonyl (C=O) groups is 11. The first-order valence-corrected chi connectivity index (χ1v) is 36.4. The van der Waals surface area contributed by atoms with Gasteiger partial charge in [-0.3, -0.25) is 71.5 Å². The number of imidazole rings is 1. The minimum absolute atomic E-state index is 0.0116. The van der Waals surface area contributed by atoms with E-state index in [1.54, 1.807) is 20.8 Å². The number of amides is 5. The number of guanidine groups is 2. The zero-order chi connectivity index (χ0) is 74.5. The summed E-state index contributed by atoms with van der Waals surface area (Å²) >= 11 is 0. The van der Waals surface area contributed by atoms with Crippen LogP contribution < -0.4 is 61.0 Å². The third kappa shape index (κ3) is 34.8. The predicted octanol–water partition coefficient (Wildman–Crippen LogP) is -1.05. The van der Waals surface area contributed by atoms with Gasteiger partial charge in [0.15, 0.2) is 35.1 Å². The number of aliphatic hydroxyl groups excluding tert-OH is 1. The van der Waals surface area contributed by atoms with Crippen LogP contribution in [0.2, 0.25) is 0 Å². The molecule has 12 atom stereocenters. The second-order valence-corrected chi connectivity index (χ2v) is 28.0. The number of nitrogens with two attached hydrogens (primary N) is 6. The number of aromatic hydroxyl groups is 1. The van der Waals surface area contributed by atoms with E-state index in [9.17, 15) is 81.5 Å². The number of aromatic amines is 1. The molecule has 0 saturated carbocycles. The van der Waals surface area contributed by atoms with E-state index in [4.69, 9.17) is 34.4 Å². The Balaban J connectivity index is 2.54. The van der Waals surface area contributed by atoms with E-state index in [-0.39, 0.29) is 107 Å². The van der Waals surface area contributed by atoms with Crippen LogP contribution in [-0.4, -0.2) is 192 Å². The van der Waals surface area contributed by atoms with E-state index in [0.717, 1.165) is 0 Å². The number of carbonyl (C=O) groups excluding carboxylic acids is 11. The monoisotopic (exact) mass is 1440 g/mol. The summed E-state index contributed by atoms with van der Waals surface area (Å²) in [4.78, 5) is 188. The van der Waals surface area contributed by atoms with Crippen molar-refractivity contribution in [3.8, 4) is 5.75 Å². The Hall–Kier alpha value is -7.72. The SMILES string of the molecule is CC[C@H](C)[C@H](NC(=O)[C@@H](N)CCCN=C(N)N)C(=O)C[C@@H](Cc1cnc[nH]1)C(=O)C[C@@H](CCS(C)=O)C(=O)C[C@H](C(=O)N[C@@H](Cc1ccc(O)cc1)C(=O)C[C@@H](CO)C(=O)N[C@@H](CCCCN)C(=O)C[C@@H](CCCN=C(N)N)C(=O)N[C@@H](COP(=O)(O)O)C(=O)CCC(=O)NC)C(C)C. The van der Waals surface area contributed by atoms with Crippen LogP contribution in [0.25, 0.3) is 0 Å². The average molecular weight is 1440 g/mol. The molecular weight excluding hydrogens is 1330 g/mol. The van der Waals surface area contributed by atoms with Crippen LogP contribution in [0, 0.1) is 41.4 Å². The molecule has 0 aliphatic carbocycles. The Bertz CT molecular complexity index is 3090. The summed E-state index contributed by atoms with van der Waals surface area (Å²) in [6.07, 6.45) is 2.15. The smallest absolute Gasteiger partial charge is 0.469 e. The molecule has 99 heavy (non-hydrogen) atoms. The van der Waals surface area contributed by atoms with E-state index in [1.807, 2.05) is 6.92 Å². The van der Waals surface area contributed by atoms with Crippen molar-refractivity contribution >= 4 is 94.8 Å². The maximum absolute atomic E-state index is 14.7. The summed E-state index contributed by atoms with van der Waals surface area (Å²) in [6.45, 7) is 5.33. The van der Waals surface area contributed by atoms with E-state index in [1.165, 1.54) is 50.1 Å². The van der Waals surface area contributed by atoms with Gasteiger partial charge in [-0.15, -0.1) is 0 Å². The van der Waals surface area contributed by atoms with Gasteiger partial charge in [0.05, 0.1) is 49.6 Å². The molecule has 0 saturated heterocycles. The minimum Gasteiger partial charge on any atom is -0.508 e. The summed E-state index contributed by atoms with van der Waals surface area (Å²) in [5.41, 5.74) is 34.7. The number of Topliss-reactive ketones (excluding diaryl/α,β-unsaturated/α-hetero) is 6. The summed E-state index contributed by atoms with van der Waals surface area (Å²) < 4.78 is 28.9. The summed E-state index contributed by atoms with van der Waals surface area (Å²) in [5.74, 6) is -15.5. The van der Waals surface area contributed by atoms with Crippen molar-refractivity contribution in [2.24, 2.45) is 85.8 Å². The number of phenols is 1. The van der Waals surface area contributed by atoms with Crippen molar-refractivity contribution in [1.29, 1.82) is 0 Å². The summed E-state index contributed by atoms with van der Waals surface area (Å²) in [6, 6.07) is -0.952. The van der Waals surface area contributed by atoms with Gasteiger partial charge in [0, 0.05) is 123 Å². The molecule has 0 radical (unpaired) electrons. The quantitative estimate of drug-likeness (QED) is 0.0163. The Morgan fingerprint density at radius 2 is 1.22 bits per heavy atom. The topological polar surface area (TPSA) is 582 Å². The lowest BCUT2D eigenvalue weighted by Gasteiger charge is -2.28. The highest BCUT2D eigenvalue weighted by Crippen LogP contribution is 2.36. The standard InChI is InChI=1S/C64H106N15O18PS/c1-7-38(4)58(79-62(92)47(66)13-11-24-74-64(69)70)56(87)30-42(27-44-33-72-36-75-44)52(83)28-40(21-25-99(6)96)53(84)32-46(37(2)3)61(91)77-49(26-39-15-17-45(81)18-16-39)55(86)31-43(34-80)60(90)76-48(14-8-9-22-65)54(85)29-41(12-10-23-73-63(67)68)59(89)78-50(35-97-98(93,94)95)51(82)19-20-57(88)71-5/h15-18,33,36-38,40-43,46-50,58,80-81H,7-14,19-32,34-35,65-66H2,1-6H3,(H,71,88)(H,72,75)(H,76,90)(H,77,91)(H,78,89)(H,79,92)(H4,67,68,73)(H4,69,70,74)(H2,93,94,95)/t38-,40+,41+,42+,43-,46-,47-,48-,49-,50-,58-,99?/m0/s1. The molecule has 556 valence electrons. The zero-order valence-corrected chi connectivity index (χ0v) is 59.2. The van der Waals surface area contributed by atoms with Gasteiger partial charge in [0.1, 0.15) is 23.4 Å². The number of phosphoric ester groups is 1. The zero-order valence-electron chi connectivity index (χ0n) is 57.5. The predicted molar refractivity (Wildman–Crippen MR) is 369 cm³/mol. The maximum atomic E-state index is 14.7. The molecule has 22 N–H and O–H groups in total. The van der Waals surface area contributed by atoms with Gasteiger partial charge in [-0.1, -0.05) is 46.2 Å². The van der Waals surface area contributed by atoms with Gasteiger partial charge in [-0.25, -0.2) is 9.55 Å². The van der Waals surface area contributed by atoms with Gasteiger partial charge in [0.2, 0.25) is 29.5 Å². The molecule has 35 heteroatoms. The number of unbranched alkanes of at least 4 members (excludes halogenated alkanes) is 1. The molecular formula is C64H106N15O18PS. The number of aliphatic imine (C=N–C) groups is 2. The largest absolute Gasteiger partial charge is 0.508 e. The first-order chi connectivity index (χ1) is 46.6. The number of hydrogen-bond donors (Lipinski definition) is 16. The average Bonchev–Trinajstić information content (AvgIpc) is 1.39. The van der Waals surface area contributed by atoms with Crippen LogP contribution in [-0.2, 0) is 85.5 Å². The number of ketones is 6. The Morgan fingerprint density at radius 3 is 1.78 bits per heavy atom. The fourth-order valence-electron chi connectivity index (χ4n) is 10.7. The summed E-state index contributed by atoms with van der Waals surface area (Å²) in [7, 11) is -5.33. The molecule has 33 nitrogen and oxygen atoms in total. The van der Waals surface area contributed by atoms with Crippen molar-refractivity contribution < 1.29 is 86.0 Å². The van der Waals surface area contributed by atoms with Crippen molar-refractivity contribution in [3.63, 3.8) is 0 Å². The number of aliphatic hydroxyl groups is 1. The number of rotatable bonds is 53. The molecule has 1 aromatic heterocycles. The van der Waals surface area contributed by atoms with Crippen molar-refractivity contribution in [2.75, 3.05) is 51.9 Å². The van der Waals surface area contributed by atoms with E-state index < -0.39 is 200 Å². The van der Waals surface area contributed by atoms with E-state index in [0.29, 0.717) is 30.5 Å². The van der Waals surface area contributed by atoms with Crippen LogP contribution >= 0.6 is 7.82 Å². The number of hydrogen-bond acceptors (Lipinski definition) is 21. The number of H-pyrrole nitrogens is 1. The molecule has 0 fully saturated rings. The lowest BCUT2D eigenvalue weighted by Crippen LogP contribution is -2.51. The Labute approximate surface area is 580 Å². The van der Waals surface area contributed by atoms with Crippen LogP contribution in [0.15, 0.2) is 46.8 Å². The van der Waals surface area contributed by atoms with Gasteiger partial charge >= 0.3 is 7.82 Å². The highest BCUT2D eigenvalue weighted by atomic mass is 32.2. The fraction of sp³-hybridized carbons (Fsp3) is 0.656. The van der Waals surface area contributed by atoms with Gasteiger partial charge < -0.3 is 86.0 Å². The number of nitrogens with zero attached hydrogens (tertiary/aromatic N) is 3. The third-order valence-electron chi connectivity index (χ3n) is 16.9. The maximum Gasteiger partial charge on any atom is 0.469 e. The lowest BCUT2D eigenvalue weighted by molar-refractivity contribution is -0.137. The normalized spacial score (nSPS) is 15.2. The molecule has 2 aromatic rings. The fourth-order valence-corrected chi connectivity index (χ4v) is 11.7. The van der Waals surface area contributed by atoms with Gasteiger partial charge in [-0.05, 0) is 100 Å². The van der Waals surface area contributed by atoms with Crippen LogP contribution in [0.4, 0.5) is 0 Å². The highest BCUT2D eigenvalue weighted by Gasteiger charge is 2.38. The highest BCUT2D eigenvalue weighted by molar-refractivity contribution is 7.84. The number of phenolic OH excluding ortho intramolecular Hbond substituents is 1. The molecule has 1 unspecified atom stereocenters. The summed E-state index contributed by atoms with van der Waals surface area (Å²) in [5, 5.41) is 33.7. The molecule has 1 heterocycles. The molecule has 0 aliphatic rings. The Morgan fingerprint density at radius 1 is 0.657 bits per heavy atom. The molecule has 5 amide bonds. The van der Waals surface area contributed by atoms with E-state index in [2.05, 4.69) is 51.1 Å². The van der Waals surface area contributed by atoms with Crippen molar-refractivity contribution in [1.82, 2.24) is 36.6 Å². The van der Waals surface area contributed by atoms with Crippen LogP contribution in [0.5, 0.6) is 5.75 Å². The van der Waals surface area contributed by atoms with E-state index >= 15 is 0 Å². The van der Waals surface area contributed by atoms with Crippen molar-refractivity contribution in [3.05, 3.63) is 48.0 Å². The number of benzene rings is 1. The van der Waals surface area contributed by atoms with Crippen LogP contribution in [0.3, 0.4) is 0 Å². The third-order valence-corrected chi connectivity index (χ3v) is 18.2. The molecule has 1 aromatic carbocycles. The van der Waals surface area contributed by atoms with Crippen LogP contribution in [0.1, 0.15) is 142 Å². The Kier molecular flexibility index (Phi) is 40.5.